The van der Waals surface area contributed by atoms with Crippen molar-refractivity contribution in [2.45, 2.75) is 31.2 Å². The van der Waals surface area contributed by atoms with E-state index in [1.165, 1.54) is 0 Å². The Morgan fingerprint density at radius 2 is 1.80 bits per heavy atom. The normalized spacial score (nSPS) is 13.8. The van der Waals surface area contributed by atoms with Crippen LogP contribution in [0.15, 0.2) is 17.0 Å². The number of benzene rings is 1. The summed E-state index contributed by atoms with van der Waals surface area (Å²) in [7, 11) is -4.30. The highest BCUT2D eigenvalue weighted by atomic mass is 32.2. The molecule has 0 bridgehead atoms. The van der Waals surface area contributed by atoms with Gasteiger partial charge in [-0.3, -0.25) is 0 Å². The molecule has 0 aliphatic carbocycles. The standard InChI is InChI=1S/C12H17F3N2O2S/c1-7(2)5-8(6-16)17-20(18,19)10-4-3-9(13)11(14)12(10)15/h3-4,7-8,17H,5-6,16H2,1-2H3. The van der Waals surface area contributed by atoms with Gasteiger partial charge in [0.15, 0.2) is 17.5 Å². The first kappa shape index (κ1) is 16.9. The molecule has 1 aromatic carbocycles. The first-order valence-corrected chi connectivity index (χ1v) is 7.53. The van der Waals surface area contributed by atoms with Crippen molar-refractivity contribution in [3.63, 3.8) is 0 Å². The van der Waals surface area contributed by atoms with Gasteiger partial charge in [0.2, 0.25) is 10.0 Å². The van der Waals surface area contributed by atoms with Crippen molar-refractivity contribution in [2.24, 2.45) is 11.7 Å². The van der Waals surface area contributed by atoms with Gasteiger partial charge < -0.3 is 5.73 Å². The maximum absolute atomic E-state index is 13.5. The van der Waals surface area contributed by atoms with Crippen LogP contribution in [0.5, 0.6) is 0 Å². The fourth-order valence-electron chi connectivity index (χ4n) is 1.76. The molecule has 0 aliphatic heterocycles. The van der Waals surface area contributed by atoms with Crippen molar-refractivity contribution >= 4 is 10.0 Å². The number of rotatable bonds is 6. The van der Waals surface area contributed by atoms with E-state index in [2.05, 4.69) is 4.72 Å². The van der Waals surface area contributed by atoms with E-state index in [0.29, 0.717) is 18.6 Å². The van der Waals surface area contributed by atoms with Crippen molar-refractivity contribution in [3.8, 4) is 0 Å². The fourth-order valence-corrected chi connectivity index (χ4v) is 3.09. The van der Waals surface area contributed by atoms with E-state index in [9.17, 15) is 21.6 Å². The molecule has 0 fully saturated rings. The molecule has 0 aromatic heterocycles. The zero-order valence-electron chi connectivity index (χ0n) is 11.2. The minimum atomic E-state index is -4.30. The quantitative estimate of drug-likeness (QED) is 0.786. The molecule has 0 amide bonds. The van der Waals surface area contributed by atoms with Crippen LogP contribution in [0.25, 0.3) is 0 Å². The lowest BCUT2D eigenvalue weighted by atomic mass is 10.1. The Balaban J connectivity index is 3.08. The fraction of sp³-hybridized carbons (Fsp3) is 0.500. The lowest BCUT2D eigenvalue weighted by Gasteiger charge is -2.19. The Labute approximate surface area is 116 Å². The summed E-state index contributed by atoms with van der Waals surface area (Å²) in [5.74, 6) is -4.83. The average molecular weight is 310 g/mol. The van der Waals surface area contributed by atoms with Gasteiger partial charge in [-0.25, -0.2) is 26.3 Å². The van der Waals surface area contributed by atoms with Crippen LogP contribution in [0.4, 0.5) is 13.2 Å². The minimum Gasteiger partial charge on any atom is -0.329 e. The SMILES string of the molecule is CC(C)CC(CN)NS(=O)(=O)c1ccc(F)c(F)c1F. The molecule has 3 N–H and O–H groups in total. The van der Waals surface area contributed by atoms with E-state index < -0.39 is 38.4 Å². The Kier molecular flexibility index (Phi) is 5.55. The van der Waals surface area contributed by atoms with Crippen molar-refractivity contribution in [3.05, 3.63) is 29.6 Å². The zero-order valence-corrected chi connectivity index (χ0v) is 12.0. The summed E-state index contributed by atoms with van der Waals surface area (Å²) in [6.45, 7) is 3.76. The lowest BCUT2D eigenvalue weighted by molar-refractivity contribution is 0.428. The highest BCUT2D eigenvalue weighted by Gasteiger charge is 2.26. The second-order valence-electron chi connectivity index (χ2n) is 4.86. The summed E-state index contributed by atoms with van der Waals surface area (Å²) in [5, 5.41) is 0. The first-order chi connectivity index (χ1) is 9.19. The maximum Gasteiger partial charge on any atom is 0.243 e. The lowest BCUT2D eigenvalue weighted by Crippen LogP contribution is -2.41. The Bertz CT molecular complexity index is 576. The molecular formula is C12H17F3N2O2S. The van der Waals surface area contributed by atoms with Gasteiger partial charge in [-0.1, -0.05) is 13.8 Å². The molecule has 0 heterocycles. The van der Waals surface area contributed by atoms with E-state index in [0.717, 1.165) is 0 Å². The van der Waals surface area contributed by atoms with Gasteiger partial charge in [0.1, 0.15) is 4.90 Å². The molecule has 0 aliphatic rings. The largest absolute Gasteiger partial charge is 0.329 e. The van der Waals surface area contributed by atoms with Gasteiger partial charge in [0.05, 0.1) is 0 Å². The van der Waals surface area contributed by atoms with Crippen LogP contribution in [-0.2, 0) is 10.0 Å². The Morgan fingerprint density at radius 3 is 2.30 bits per heavy atom. The summed E-state index contributed by atoms with van der Waals surface area (Å²) in [4.78, 5) is -0.932. The van der Waals surface area contributed by atoms with Gasteiger partial charge in [0, 0.05) is 12.6 Å². The number of sulfonamides is 1. The molecule has 1 unspecified atom stereocenters. The molecule has 114 valence electrons. The zero-order chi connectivity index (χ0) is 15.5. The summed E-state index contributed by atoms with van der Waals surface area (Å²) in [5.41, 5.74) is 5.44. The van der Waals surface area contributed by atoms with Crippen LogP contribution in [0, 0.1) is 23.4 Å². The van der Waals surface area contributed by atoms with Crippen molar-refractivity contribution in [1.29, 1.82) is 0 Å². The highest BCUT2D eigenvalue weighted by molar-refractivity contribution is 7.89. The molecule has 4 nitrogen and oxygen atoms in total. The Morgan fingerprint density at radius 1 is 1.20 bits per heavy atom. The number of hydrogen-bond donors (Lipinski definition) is 2. The molecule has 0 spiro atoms. The second kappa shape index (κ2) is 6.55. The van der Waals surface area contributed by atoms with E-state index >= 15 is 0 Å². The third-order valence-electron chi connectivity index (χ3n) is 2.65. The molecule has 8 heteroatoms. The monoisotopic (exact) mass is 310 g/mol. The average Bonchev–Trinajstić information content (AvgIpc) is 2.33. The van der Waals surface area contributed by atoms with Crippen LogP contribution in [-0.4, -0.2) is 21.0 Å². The molecule has 0 radical (unpaired) electrons. The summed E-state index contributed by atoms with van der Waals surface area (Å²) in [6, 6.07) is 0.638. The molecule has 1 atom stereocenters. The van der Waals surface area contributed by atoms with E-state index in [1.807, 2.05) is 13.8 Å². The van der Waals surface area contributed by atoms with Crippen LogP contribution < -0.4 is 10.5 Å². The topological polar surface area (TPSA) is 72.2 Å². The second-order valence-corrected chi connectivity index (χ2v) is 6.54. The van der Waals surface area contributed by atoms with E-state index in [1.54, 1.807) is 0 Å². The third kappa shape index (κ3) is 3.94. The van der Waals surface area contributed by atoms with Gasteiger partial charge in [0.25, 0.3) is 0 Å². The smallest absolute Gasteiger partial charge is 0.243 e. The summed E-state index contributed by atoms with van der Waals surface area (Å²) < 4.78 is 65.5. The predicted molar refractivity (Wildman–Crippen MR) is 68.9 cm³/mol. The Hall–Kier alpha value is -1.12. The van der Waals surface area contributed by atoms with E-state index in [-0.39, 0.29) is 12.5 Å². The number of nitrogens with two attached hydrogens (primary N) is 1. The van der Waals surface area contributed by atoms with Crippen molar-refractivity contribution in [2.75, 3.05) is 6.54 Å². The predicted octanol–water partition coefficient (Wildman–Crippen LogP) is 1.76. The number of halogens is 3. The molecule has 1 rings (SSSR count). The van der Waals surface area contributed by atoms with Gasteiger partial charge in [-0.15, -0.1) is 0 Å². The van der Waals surface area contributed by atoms with Crippen LogP contribution in [0.2, 0.25) is 0 Å². The molecule has 1 aromatic rings. The van der Waals surface area contributed by atoms with Crippen LogP contribution in [0.1, 0.15) is 20.3 Å². The molecule has 0 saturated heterocycles. The van der Waals surface area contributed by atoms with Crippen molar-refractivity contribution in [1.82, 2.24) is 4.72 Å². The molecule has 20 heavy (non-hydrogen) atoms. The molecule has 0 saturated carbocycles. The minimum absolute atomic E-state index is 0.0166. The van der Waals surface area contributed by atoms with Crippen LogP contribution >= 0.6 is 0 Å². The van der Waals surface area contributed by atoms with Gasteiger partial charge in [-0.2, -0.15) is 0 Å². The molecular weight excluding hydrogens is 293 g/mol. The van der Waals surface area contributed by atoms with Gasteiger partial charge >= 0.3 is 0 Å². The summed E-state index contributed by atoms with van der Waals surface area (Å²) >= 11 is 0. The summed E-state index contributed by atoms with van der Waals surface area (Å²) in [6.07, 6.45) is 0.445. The van der Waals surface area contributed by atoms with E-state index in [4.69, 9.17) is 5.73 Å². The number of nitrogens with one attached hydrogen (secondary N) is 1. The highest BCUT2D eigenvalue weighted by Crippen LogP contribution is 2.20. The maximum atomic E-state index is 13.5. The number of hydrogen-bond acceptors (Lipinski definition) is 3. The first-order valence-electron chi connectivity index (χ1n) is 6.05. The third-order valence-corrected chi connectivity index (χ3v) is 4.19. The van der Waals surface area contributed by atoms with Crippen molar-refractivity contribution < 1.29 is 21.6 Å². The van der Waals surface area contributed by atoms with Crippen LogP contribution in [0.3, 0.4) is 0 Å². The van der Waals surface area contributed by atoms with Gasteiger partial charge in [-0.05, 0) is 24.5 Å².